The third-order valence-corrected chi connectivity index (χ3v) is 3.54. The van der Waals surface area contributed by atoms with Crippen LogP contribution in [0.1, 0.15) is 37.7 Å². The highest BCUT2D eigenvalue weighted by Gasteiger charge is 2.23. The molecule has 0 saturated heterocycles. The normalized spacial score (nSPS) is 23.4. The van der Waals surface area contributed by atoms with Crippen molar-refractivity contribution >= 4 is 0 Å². The summed E-state index contributed by atoms with van der Waals surface area (Å²) in [6.07, 6.45) is 4.84. The van der Waals surface area contributed by atoms with Gasteiger partial charge in [0, 0.05) is 13.2 Å². The van der Waals surface area contributed by atoms with Crippen molar-refractivity contribution in [1.29, 1.82) is 0 Å². The summed E-state index contributed by atoms with van der Waals surface area (Å²) in [7, 11) is 0. The van der Waals surface area contributed by atoms with Crippen LogP contribution in [0.2, 0.25) is 0 Å². The van der Waals surface area contributed by atoms with Crippen molar-refractivity contribution in [2.45, 2.75) is 50.9 Å². The largest absolute Gasteiger partial charge is 0.390 e. The summed E-state index contributed by atoms with van der Waals surface area (Å²) < 4.78 is 11.3. The highest BCUT2D eigenvalue weighted by Crippen LogP contribution is 2.21. The Labute approximate surface area is 115 Å². The van der Waals surface area contributed by atoms with Gasteiger partial charge in [0.1, 0.15) is 0 Å². The topological polar surface area (TPSA) is 38.7 Å². The Morgan fingerprint density at radius 1 is 1.05 bits per heavy atom. The predicted octanol–water partition coefficient (Wildman–Crippen LogP) is 2.91. The molecule has 3 heteroatoms. The van der Waals surface area contributed by atoms with Crippen molar-refractivity contribution in [1.82, 2.24) is 0 Å². The van der Waals surface area contributed by atoms with Gasteiger partial charge in [0.15, 0.2) is 0 Å². The molecule has 1 fully saturated rings. The number of rotatable bonds is 7. The molecule has 3 nitrogen and oxygen atoms in total. The monoisotopic (exact) mass is 264 g/mol. The van der Waals surface area contributed by atoms with Crippen LogP contribution in [0, 0.1) is 0 Å². The molecule has 0 heterocycles. The fourth-order valence-electron chi connectivity index (χ4n) is 2.43. The van der Waals surface area contributed by atoms with E-state index in [2.05, 4.69) is 12.1 Å². The van der Waals surface area contributed by atoms with Crippen molar-refractivity contribution < 1.29 is 14.6 Å². The number of benzene rings is 1. The first kappa shape index (κ1) is 14.5. The Kier molecular flexibility index (Phi) is 6.34. The van der Waals surface area contributed by atoms with E-state index in [9.17, 15) is 5.11 Å². The molecule has 0 amide bonds. The van der Waals surface area contributed by atoms with Crippen LogP contribution >= 0.6 is 0 Å². The van der Waals surface area contributed by atoms with Crippen molar-refractivity contribution in [3.05, 3.63) is 35.9 Å². The van der Waals surface area contributed by atoms with E-state index in [0.29, 0.717) is 19.8 Å². The maximum Gasteiger partial charge on any atom is 0.0833 e. The first-order chi connectivity index (χ1) is 9.36. The summed E-state index contributed by atoms with van der Waals surface area (Å²) in [6, 6.07) is 10.2. The van der Waals surface area contributed by atoms with E-state index in [4.69, 9.17) is 9.47 Å². The van der Waals surface area contributed by atoms with Crippen molar-refractivity contribution in [3.63, 3.8) is 0 Å². The van der Waals surface area contributed by atoms with Gasteiger partial charge in [-0.3, -0.25) is 0 Å². The van der Waals surface area contributed by atoms with Gasteiger partial charge in [0.05, 0.1) is 18.8 Å². The molecule has 0 spiro atoms. The molecule has 2 rings (SSSR count). The molecule has 0 radical (unpaired) electrons. The summed E-state index contributed by atoms with van der Waals surface area (Å²) in [5.74, 6) is 0. The van der Waals surface area contributed by atoms with Gasteiger partial charge in [-0.15, -0.1) is 0 Å². The minimum absolute atomic E-state index is 0.0443. The molecule has 1 aromatic rings. The van der Waals surface area contributed by atoms with Gasteiger partial charge in [-0.2, -0.15) is 0 Å². The van der Waals surface area contributed by atoms with E-state index in [0.717, 1.165) is 25.7 Å². The number of hydrogen-bond acceptors (Lipinski definition) is 3. The Morgan fingerprint density at radius 2 is 1.84 bits per heavy atom. The molecule has 1 aliphatic carbocycles. The molecule has 0 unspecified atom stereocenters. The fourth-order valence-corrected chi connectivity index (χ4v) is 2.43. The summed E-state index contributed by atoms with van der Waals surface area (Å²) in [5, 5.41) is 9.76. The van der Waals surface area contributed by atoms with Crippen LogP contribution < -0.4 is 0 Å². The first-order valence-electron chi connectivity index (χ1n) is 7.27. The minimum atomic E-state index is -0.265. The molecule has 1 aliphatic rings. The Balaban J connectivity index is 1.50. The van der Waals surface area contributed by atoms with Crippen LogP contribution in [-0.4, -0.2) is 30.5 Å². The van der Waals surface area contributed by atoms with E-state index < -0.39 is 0 Å². The molecule has 1 aromatic carbocycles. The molecule has 0 bridgehead atoms. The number of hydrogen-bond donors (Lipinski definition) is 1. The van der Waals surface area contributed by atoms with Crippen LogP contribution in [0.5, 0.6) is 0 Å². The SMILES string of the molecule is O[C@H]1CCCC[C@@H]1OCCCOCc1ccccc1. The van der Waals surface area contributed by atoms with Gasteiger partial charge in [0.25, 0.3) is 0 Å². The second-order valence-electron chi connectivity index (χ2n) is 5.15. The van der Waals surface area contributed by atoms with E-state index in [1.54, 1.807) is 0 Å². The maximum absolute atomic E-state index is 9.76. The fraction of sp³-hybridized carbons (Fsp3) is 0.625. The van der Waals surface area contributed by atoms with Gasteiger partial charge in [-0.05, 0) is 24.8 Å². The van der Waals surface area contributed by atoms with E-state index >= 15 is 0 Å². The maximum atomic E-state index is 9.76. The van der Waals surface area contributed by atoms with E-state index in [-0.39, 0.29) is 12.2 Å². The van der Waals surface area contributed by atoms with Gasteiger partial charge in [-0.25, -0.2) is 0 Å². The molecular formula is C16H24O3. The highest BCUT2D eigenvalue weighted by molar-refractivity contribution is 5.13. The summed E-state index contributed by atoms with van der Waals surface area (Å²) in [5.41, 5.74) is 1.20. The third-order valence-electron chi connectivity index (χ3n) is 3.54. The summed E-state index contributed by atoms with van der Waals surface area (Å²) in [4.78, 5) is 0. The zero-order valence-corrected chi connectivity index (χ0v) is 11.5. The van der Waals surface area contributed by atoms with E-state index in [1.165, 1.54) is 12.0 Å². The Bertz CT molecular complexity index is 339. The second-order valence-corrected chi connectivity index (χ2v) is 5.15. The lowest BCUT2D eigenvalue weighted by molar-refractivity contribution is -0.0633. The molecular weight excluding hydrogens is 240 g/mol. The minimum Gasteiger partial charge on any atom is -0.390 e. The first-order valence-corrected chi connectivity index (χ1v) is 7.27. The van der Waals surface area contributed by atoms with Crippen molar-refractivity contribution in [3.8, 4) is 0 Å². The van der Waals surface area contributed by atoms with Crippen LogP contribution in [0.4, 0.5) is 0 Å². The number of aliphatic hydroxyl groups excluding tert-OH is 1. The molecule has 19 heavy (non-hydrogen) atoms. The van der Waals surface area contributed by atoms with Crippen LogP contribution in [-0.2, 0) is 16.1 Å². The molecule has 2 atom stereocenters. The molecule has 0 aliphatic heterocycles. The van der Waals surface area contributed by atoms with Crippen molar-refractivity contribution in [2.24, 2.45) is 0 Å². The standard InChI is InChI=1S/C16H24O3/c17-15-9-4-5-10-16(15)19-12-6-11-18-13-14-7-2-1-3-8-14/h1-3,7-8,15-17H,4-6,9-13H2/t15-,16-/m0/s1. The van der Waals surface area contributed by atoms with E-state index in [1.807, 2.05) is 18.2 Å². The quantitative estimate of drug-likeness (QED) is 0.770. The lowest BCUT2D eigenvalue weighted by Gasteiger charge is -2.27. The lowest BCUT2D eigenvalue weighted by atomic mass is 9.95. The number of ether oxygens (including phenoxy) is 2. The van der Waals surface area contributed by atoms with Crippen LogP contribution in [0.3, 0.4) is 0 Å². The van der Waals surface area contributed by atoms with Crippen LogP contribution in [0.25, 0.3) is 0 Å². The lowest BCUT2D eigenvalue weighted by Crippen LogP contribution is -2.32. The smallest absolute Gasteiger partial charge is 0.0833 e. The van der Waals surface area contributed by atoms with Gasteiger partial charge >= 0.3 is 0 Å². The Morgan fingerprint density at radius 3 is 2.63 bits per heavy atom. The number of aliphatic hydroxyl groups is 1. The zero-order valence-electron chi connectivity index (χ0n) is 11.5. The molecule has 0 aromatic heterocycles. The van der Waals surface area contributed by atoms with Gasteiger partial charge < -0.3 is 14.6 Å². The molecule has 1 saturated carbocycles. The highest BCUT2D eigenvalue weighted by atomic mass is 16.5. The average molecular weight is 264 g/mol. The van der Waals surface area contributed by atoms with Crippen LogP contribution in [0.15, 0.2) is 30.3 Å². The zero-order chi connectivity index (χ0) is 13.3. The summed E-state index contributed by atoms with van der Waals surface area (Å²) >= 11 is 0. The second kappa shape index (κ2) is 8.31. The molecule has 1 N–H and O–H groups in total. The Hall–Kier alpha value is -0.900. The average Bonchev–Trinajstić information content (AvgIpc) is 2.45. The third kappa shape index (κ3) is 5.31. The summed E-state index contributed by atoms with van der Waals surface area (Å²) in [6.45, 7) is 2.04. The molecule has 106 valence electrons. The van der Waals surface area contributed by atoms with Gasteiger partial charge in [0.2, 0.25) is 0 Å². The predicted molar refractivity (Wildman–Crippen MR) is 74.9 cm³/mol. The van der Waals surface area contributed by atoms with Crippen molar-refractivity contribution in [2.75, 3.05) is 13.2 Å². The van der Waals surface area contributed by atoms with Gasteiger partial charge in [-0.1, -0.05) is 43.2 Å².